The smallest absolute Gasteiger partial charge is 0.219 e. The molecule has 1 atom stereocenters. The standard InChI is InChI=1S/C25H35N5O/c1-16-6-7-21(14-17(16)2)18(3)26-25-22-15-30(19(4)31)13-10-23(22)27-24(28-25)20-8-11-29(5)12-9-20/h6-7,14,18,20H,8-13,15H2,1-5H3,(H,26,27,28)/t18-/m1/s1. The Labute approximate surface area is 186 Å². The molecule has 1 N–H and O–H groups in total. The third-order valence-electron chi connectivity index (χ3n) is 6.99. The maximum Gasteiger partial charge on any atom is 0.219 e. The number of aryl methyl sites for hydroxylation is 2. The predicted molar refractivity (Wildman–Crippen MR) is 124 cm³/mol. The highest BCUT2D eigenvalue weighted by Gasteiger charge is 2.28. The SMILES string of the molecule is CC(=O)N1CCc2nc(C3CCN(C)CC3)nc(N[C@H](C)c3ccc(C)c(C)c3)c2C1. The highest BCUT2D eigenvalue weighted by atomic mass is 16.2. The number of benzene rings is 1. The van der Waals surface area contributed by atoms with Crippen LogP contribution in [0.15, 0.2) is 18.2 Å². The van der Waals surface area contributed by atoms with Crippen LogP contribution in [0.5, 0.6) is 0 Å². The first kappa shape index (κ1) is 21.8. The van der Waals surface area contributed by atoms with Gasteiger partial charge in [0.25, 0.3) is 0 Å². The van der Waals surface area contributed by atoms with Gasteiger partial charge in [-0.3, -0.25) is 4.79 Å². The van der Waals surface area contributed by atoms with Gasteiger partial charge in [0.2, 0.25) is 5.91 Å². The molecule has 1 saturated heterocycles. The Hall–Kier alpha value is -2.47. The van der Waals surface area contributed by atoms with Crippen LogP contribution in [0.3, 0.4) is 0 Å². The van der Waals surface area contributed by atoms with Crippen molar-refractivity contribution in [3.05, 3.63) is 52.0 Å². The predicted octanol–water partition coefficient (Wildman–Crippen LogP) is 3.98. The minimum absolute atomic E-state index is 0.109. The zero-order chi connectivity index (χ0) is 22.1. The van der Waals surface area contributed by atoms with Gasteiger partial charge in [-0.05, 0) is 70.4 Å². The number of likely N-dealkylation sites (tertiary alicyclic amines) is 1. The molecule has 0 unspecified atom stereocenters. The Morgan fingerprint density at radius 3 is 2.55 bits per heavy atom. The van der Waals surface area contributed by atoms with Crippen LogP contribution in [0.4, 0.5) is 5.82 Å². The van der Waals surface area contributed by atoms with Gasteiger partial charge in [0.05, 0.1) is 12.2 Å². The molecule has 0 spiro atoms. The van der Waals surface area contributed by atoms with Crippen molar-refractivity contribution in [2.45, 2.75) is 65.5 Å². The quantitative estimate of drug-likeness (QED) is 0.809. The lowest BCUT2D eigenvalue weighted by Crippen LogP contribution is -2.36. The average molecular weight is 422 g/mol. The van der Waals surface area contributed by atoms with Gasteiger partial charge in [-0.1, -0.05) is 18.2 Å². The number of anilines is 1. The van der Waals surface area contributed by atoms with E-state index in [2.05, 4.69) is 56.2 Å². The van der Waals surface area contributed by atoms with Gasteiger partial charge < -0.3 is 15.1 Å². The largest absolute Gasteiger partial charge is 0.363 e. The van der Waals surface area contributed by atoms with Gasteiger partial charge in [0.15, 0.2) is 0 Å². The normalized spacial score (nSPS) is 18.5. The molecule has 0 radical (unpaired) electrons. The minimum atomic E-state index is 0.109. The lowest BCUT2D eigenvalue weighted by atomic mass is 9.95. The maximum atomic E-state index is 12.0. The first-order chi connectivity index (χ1) is 14.8. The van der Waals surface area contributed by atoms with Crippen LogP contribution in [0.25, 0.3) is 0 Å². The molecule has 0 aliphatic carbocycles. The van der Waals surface area contributed by atoms with Crippen LogP contribution in [-0.2, 0) is 17.8 Å². The average Bonchev–Trinajstić information content (AvgIpc) is 2.75. The molecule has 2 aliphatic rings. The van der Waals surface area contributed by atoms with Crippen LogP contribution < -0.4 is 5.32 Å². The number of hydrogen-bond donors (Lipinski definition) is 1. The number of hydrogen-bond acceptors (Lipinski definition) is 5. The highest BCUT2D eigenvalue weighted by molar-refractivity contribution is 5.74. The zero-order valence-corrected chi connectivity index (χ0v) is 19.5. The van der Waals surface area contributed by atoms with Gasteiger partial charge >= 0.3 is 0 Å². The van der Waals surface area contributed by atoms with E-state index in [1.807, 2.05) is 4.90 Å². The topological polar surface area (TPSA) is 61.4 Å². The lowest BCUT2D eigenvalue weighted by molar-refractivity contribution is -0.129. The third-order valence-corrected chi connectivity index (χ3v) is 6.99. The summed E-state index contributed by atoms with van der Waals surface area (Å²) in [6, 6.07) is 6.74. The molecule has 2 aliphatic heterocycles. The van der Waals surface area contributed by atoms with Crippen LogP contribution in [0, 0.1) is 13.8 Å². The number of fused-ring (bicyclic) bond motifs is 1. The van der Waals surface area contributed by atoms with Crippen LogP contribution in [0.2, 0.25) is 0 Å². The Kier molecular flexibility index (Phi) is 6.28. The van der Waals surface area contributed by atoms with E-state index in [-0.39, 0.29) is 11.9 Å². The number of nitrogens with one attached hydrogen (secondary N) is 1. The number of carbonyl (C=O) groups excluding carboxylic acids is 1. The molecule has 4 rings (SSSR count). The molecule has 2 aromatic rings. The second-order valence-corrected chi connectivity index (χ2v) is 9.33. The lowest BCUT2D eigenvalue weighted by Gasteiger charge is -2.32. The van der Waals surface area contributed by atoms with Crippen molar-refractivity contribution < 1.29 is 4.79 Å². The fourth-order valence-electron chi connectivity index (χ4n) is 4.59. The molecule has 1 fully saturated rings. The van der Waals surface area contributed by atoms with Crippen molar-refractivity contribution in [1.29, 1.82) is 0 Å². The summed E-state index contributed by atoms with van der Waals surface area (Å²) in [6.45, 7) is 11.6. The number of carbonyl (C=O) groups is 1. The summed E-state index contributed by atoms with van der Waals surface area (Å²) >= 11 is 0. The molecular formula is C25H35N5O. The second-order valence-electron chi connectivity index (χ2n) is 9.33. The number of piperidine rings is 1. The highest BCUT2D eigenvalue weighted by Crippen LogP contribution is 2.32. The molecule has 6 heteroatoms. The van der Waals surface area contributed by atoms with E-state index < -0.39 is 0 Å². The number of aromatic nitrogens is 2. The molecular weight excluding hydrogens is 386 g/mol. The zero-order valence-electron chi connectivity index (χ0n) is 19.5. The van der Waals surface area contributed by atoms with Gasteiger partial charge in [-0.15, -0.1) is 0 Å². The van der Waals surface area contributed by atoms with Gasteiger partial charge in [-0.2, -0.15) is 0 Å². The molecule has 6 nitrogen and oxygen atoms in total. The van der Waals surface area contributed by atoms with Crippen molar-refractivity contribution in [1.82, 2.24) is 19.8 Å². The van der Waals surface area contributed by atoms with Crippen molar-refractivity contribution in [3.8, 4) is 0 Å². The summed E-state index contributed by atoms with van der Waals surface area (Å²) in [5.74, 6) is 2.39. The summed E-state index contributed by atoms with van der Waals surface area (Å²) in [5, 5.41) is 3.68. The van der Waals surface area contributed by atoms with E-state index in [9.17, 15) is 4.79 Å². The fraction of sp³-hybridized carbons (Fsp3) is 0.560. The van der Waals surface area contributed by atoms with Crippen molar-refractivity contribution in [2.24, 2.45) is 0 Å². The van der Waals surface area contributed by atoms with Crippen LogP contribution in [-0.4, -0.2) is 52.4 Å². The molecule has 31 heavy (non-hydrogen) atoms. The van der Waals surface area contributed by atoms with Gasteiger partial charge in [-0.25, -0.2) is 9.97 Å². The first-order valence-corrected chi connectivity index (χ1v) is 11.5. The third kappa shape index (κ3) is 4.74. The molecule has 3 heterocycles. The van der Waals surface area contributed by atoms with Crippen LogP contribution in [0.1, 0.15) is 72.4 Å². The summed E-state index contributed by atoms with van der Waals surface area (Å²) in [7, 11) is 2.18. The Morgan fingerprint density at radius 1 is 1.13 bits per heavy atom. The maximum absolute atomic E-state index is 12.0. The molecule has 1 aromatic carbocycles. The molecule has 1 amide bonds. The molecule has 0 bridgehead atoms. The summed E-state index contributed by atoms with van der Waals surface area (Å²) < 4.78 is 0. The Morgan fingerprint density at radius 2 is 1.87 bits per heavy atom. The summed E-state index contributed by atoms with van der Waals surface area (Å²) in [5.41, 5.74) is 6.03. The molecule has 1 aromatic heterocycles. The van der Waals surface area contributed by atoms with Crippen molar-refractivity contribution >= 4 is 11.7 Å². The Bertz CT molecular complexity index is 965. The van der Waals surface area contributed by atoms with E-state index in [0.717, 1.165) is 61.8 Å². The molecule has 0 saturated carbocycles. The number of nitrogens with zero attached hydrogens (tertiary/aromatic N) is 4. The van der Waals surface area contributed by atoms with E-state index in [1.54, 1.807) is 6.92 Å². The molecule has 166 valence electrons. The Balaban J connectivity index is 1.67. The number of rotatable bonds is 4. The summed E-state index contributed by atoms with van der Waals surface area (Å²) in [4.78, 5) is 26.4. The fourth-order valence-corrected chi connectivity index (χ4v) is 4.59. The summed E-state index contributed by atoms with van der Waals surface area (Å²) in [6.07, 6.45) is 2.99. The van der Waals surface area contributed by atoms with E-state index in [4.69, 9.17) is 9.97 Å². The van der Waals surface area contributed by atoms with Gasteiger partial charge in [0, 0.05) is 37.4 Å². The number of amides is 1. The van der Waals surface area contributed by atoms with E-state index >= 15 is 0 Å². The van der Waals surface area contributed by atoms with Crippen molar-refractivity contribution in [2.75, 3.05) is 32.0 Å². The van der Waals surface area contributed by atoms with Crippen LogP contribution >= 0.6 is 0 Å². The second kappa shape index (κ2) is 8.95. The van der Waals surface area contributed by atoms with E-state index in [0.29, 0.717) is 12.5 Å². The van der Waals surface area contributed by atoms with Crippen molar-refractivity contribution in [3.63, 3.8) is 0 Å². The van der Waals surface area contributed by atoms with Gasteiger partial charge in [0.1, 0.15) is 11.6 Å². The van der Waals surface area contributed by atoms with E-state index in [1.165, 1.54) is 16.7 Å². The minimum Gasteiger partial charge on any atom is -0.363 e. The first-order valence-electron chi connectivity index (χ1n) is 11.5. The monoisotopic (exact) mass is 421 g/mol.